The van der Waals surface area contributed by atoms with E-state index < -0.39 is 5.97 Å². The lowest BCUT2D eigenvalue weighted by molar-refractivity contribution is 0.0734. The number of hydrogen-bond acceptors (Lipinski definition) is 5. The smallest absolute Gasteiger partial charge is 0.343 e. The van der Waals surface area contributed by atoms with Crippen molar-refractivity contribution in [1.82, 2.24) is 5.43 Å². The van der Waals surface area contributed by atoms with Crippen LogP contribution in [-0.4, -0.2) is 24.7 Å². The Hall–Kier alpha value is -4.45. The van der Waals surface area contributed by atoms with Crippen molar-refractivity contribution >= 4 is 28.9 Å². The molecule has 1 amide bonds. The average molecular weight is 481 g/mol. The van der Waals surface area contributed by atoms with Gasteiger partial charge in [-0.3, -0.25) is 4.79 Å². The van der Waals surface area contributed by atoms with Gasteiger partial charge in [0.25, 0.3) is 5.91 Å². The van der Waals surface area contributed by atoms with E-state index in [-0.39, 0.29) is 5.91 Å². The lowest BCUT2D eigenvalue weighted by atomic mass is 10.0. The molecule has 4 aromatic rings. The highest BCUT2D eigenvalue weighted by molar-refractivity contribution is 6.04. The monoisotopic (exact) mass is 480 g/mol. The van der Waals surface area contributed by atoms with Crippen LogP contribution < -0.4 is 14.9 Å². The molecule has 0 aliphatic heterocycles. The second-order valence-electron chi connectivity index (χ2n) is 8.38. The molecular weight excluding hydrogens is 452 g/mol. The second kappa shape index (κ2) is 11.8. The van der Waals surface area contributed by atoms with E-state index in [9.17, 15) is 9.59 Å². The number of hydrogen-bond donors (Lipinski definition) is 1. The topological polar surface area (TPSA) is 77.0 Å². The van der Waals surface area contributed by atoms with E-state index in [1.165, 1.54) is 6.21 Å². The van der Waals surface area contributed by atoms with Crippen LogP contribution in [0.2, 0.25) is 0 Å². The Balaban J connectivity index is 1.52. The summed E-state index contributed by atoms with van der Waals surface area (Å²) in [5.74, 6) is 0.255. The number of esters is 1. The van der Waals surface area contributed by atoms with Gasteiger partial charge in [-0.05, 0) is 66.6 Å². The predicted octanol–water partition coefficient (Wildman–Crippen LogP) is 6.31. The zero-order chi connectivity index (χ0) is 25.3. The number of nitrogens with zero attached hydrogens (tertiary/aromatic N) is 1. The zero-order valence-corrected chi connectivity index (χ0v) is 20.4. The third kappa shape index (κ3) is 6.16. The van der Waals surface area contributed by atoms with E-state index in [1.54, 1.807) is 42.5 Å². The fourth-order valence-corrected chi connectivity index (χ4v) is 3.69. The summed E-state index contributed by atoms with van der Waals surface area (Å²) in [5, 5.41) is 5.96. The molecule has 1 N–H and O–H groups in total. The van der Waals surface area contributed by atoms with Gasteiger partial charge in [0, 0.05) is 11.1 Å². The zero-order valence-electron chi connectivity index (χ0n) is 20.4. The SMILES string of the molecule is CCCCOc1ccc(C(=O)NN=Cc2c(OC(=O)c3cccc(C)c3)ccc3ccccc23)cc1. The Morgan fingerprint density at radius 3 is 2.50 bits per heavy atom. The van der Waals surface area contributed by atoms with Crippen LogP contribution in [0.4, 0.5) is 0 Å². The summed E-state index contributed by atoms with van der Waals surface area (Å²) in [5.41, 5.74) is 5.03. The molecule has 0 atom stereocenters. The van der Waals surface area contributed by atoms with Gasteiger partial charge in [-0.1, -0.05) is 61.4 Å². The van der Waals surface area contributed by atoms with E-state index in [0.717, 1.165) is 34.9 Å². The minimum Gasteiger partial charge on any atom is -0.494 e. The standard InChI is InChI=1S/C30H28N2O4/c1-3-4-18-35-25-15-12-23(13-16-25)29(33)32-31-20-27-26-11-6-5-9-22(26)14-17-28(27)36-30(34)24-10-7-8-21(2)19-24/h5-17,19-20H,3-4,18H2,1-2H3,(H,32,33). The first-order chi connectivity index (χ1) is 17.5. The molecule has 6 nitrogen and oxygen atoms in total. The molecule has 0 aliphatic carbocycles. The molecule has 0 unspecified atom stereocenters. The summed E-state index contributed by atoms with van der Waals surface area (Å²) in [6.07, 6.45) is 3.54. The number of fused-ring (bicyclic) bond motifs is 1. The molecule has 0 heterocycles. The first kappa shape index (κ1) is 24.7. The van der Waals surface area contributed by atoms with Gasteiger partial charge in [-0.25, -0.2) is 10.2 Å². The van der Waals surface area contributed by atoms with Gasteiger partial charge in [0.05, 0.1) is 18.4 Å². The Kier molecular flexibility index (Phi) is 8.08. The van der Waals surface area contributed by atoms with Crippen molar-refractivity contribution in [3.63, 3.8) is 0 Å². The first-order valence-electron chi connectivity index (χ1n) is 11.9. The van der Waals surface area contributed by atoms with Crippen molar-refractivity contribution < 1.29 is 19.1 Å². The van der Waals surface area contributed by atoms with Gasteiger partial charge in [0.1, 0.15) is 11.5 Å². The summed E-state index contributed by atoms with van der Waals surface area (Å²) in [6, 6.07) is 25.5. The minimum absolute atomic E-state index is 0.354. The third-order valence-corrected chi connectivity index (χ3v) is 5.63. The molecule has 36 heavy (non-hydrogen) atoms. The number of amides is 1. The van der Waals surface area contributed by atoms with E-state index in [0.29, 0.717) is 29.0 Å². The molecule has 4 aromatic carbocycles. The van der Waals surface area contributed by atoms with Gasteiger partial charge in [-0.15, -0.1) is 0 Å². The minimum atomic E-state index is -0.464. The fourth-order valence-electron chi connectivity index (χ4n) is 3.69. The number of carbonyl (C=O) groups is 2. The molecule has 6 heteroatoms. The maximum absolute atomic E-state index is 12.8. The van der Waals surface area contributed by atoms with Gasteiger partial charge in [0.2, 0.25) is 0 Å². The van der Waals surface area contributed by atoms with Gasteiger partial charge < -0.3 is 9.47 Å². The molecule has 0 aliphatic rings. The number of ether oxygens (including phenoxy) is 2. The van der Waals surface area contributed by atoms with Crippen molar-refractivity contribution in [3.8, 4) is 11.5 Å². The molecule has 182 valence electrons. The van der Waals surface area contributed by atoms with Crippen LogP contribution >= 0.6 is 0 Å². The Bertz CT molecular complexity index is 1390. The van der Waals surface area contributed by atoms with Crippen LogP contribution in [0.1, 0.15) is 51.6 Å². The molecule has 0 saturated heterocycles. The largest absolute Gasteiger partial charge is 0.494 e. The van der Waals surface area contributed by atoms with Crippen molar-refractivity contribution in [2.24, 2.45) is 5.10 Å². The highest BCUT2D eigenvalue weighted by atomic mass is 16.5. The molecule has 0 saturated carbocycles. The van der Waals surface area contributed by atoms with Crippen LogP contribution in [0.5, 0.6) is 11.5 Å². The predicted molar refractivity (Wildman–Crippen MR) is 142 cm³/mol. The maximum Gasteiger partial charge on any atom is 0.343 e. The Morgan fingerprint density at radius 2 is 1.72 bits per heavy atom. The van der Waals surface area contributed by atoms with Crippen LogP contribution in [0, 0.1) is 6.92 Å². The molecule has 0 aromatic heterocycles. The molecule has 0 spiro atoms. The van der Waals surface area contributed by atoms with Crippen molar-refractivity contribution in [1.29, 1.82) is 0 Å². The van der Waals surface area contributed by atoms with Crippen molar-refractivity contribution in [3.05, 3.63) is 107 Å². The highest BCUT2D eigenvalue weighted by Crippen LogP contribution is 2.27. The van der Waals surface area contributed by atoms with Crippen LogP contribution in [0.25, 0.3) is 10.8 Å². The van der Waals surface area contributed by atoms with Gasteiger partial charge in [0.15, 0.2) is 0 Å². The van der Waals surface area contributed by atoms with Gasteiger partial charge >= 0.3 is 5.97 Å². The summed E-state index contributed by atoms with van der Waals surface area (Å²) in [7, 11) is 0. The fraction of sp³-hybridized carbons (Fsp3) is 0.167. The molecule has 0 radical (unpaired) electrons. The number of benzene rings is 4. The second-order valence-corrected chi connectivity index (χ2v) is 8.38. The lowest BCUT2D eigenvalue weighted by Gasteiger charge is -2.11. The normalized spacial score (nSPS) is 10.9. The quantitative estimate of drug-likeness (QED) is 0.100. The Labute approximate surface area is 210 Å². The molecular formula is C30H28N2O4. The van der Waals surface area contributed by atoms with Crippen LogP contribution in [0.15, 0.2) is 90.0 Å². The number of carbonyl (C=O) groups excluding carboxylic acids is 2. The molecule has 0 fully saturated rings. The van der Waals surface area contributed by atoms with Crippen LogP contribution in [0.3, 0.4) is 0 Å². The summed E-state index contributed by atoms with van der Waals surface area (Å²) < 4.78 is 11.4. The van der Waals surface area contributed by atoms with Crippen LogP contribution in [-0.2, 0) is 0 Å². The first-order valence-corrected chi connectivity index (χ1v) is 11.9. The highest BCUT2D eigenvalue weighted by Gasteiger charge is 2.14. The average Bonchev–Trinajstić information content (AvgIpc) is 2.90. The number of hydrazone groups is 1. The van der Waals surface area contributed by atoms with E-state index in [2.05, 4.69) is 17.5 Å². The van der Waals surface area contributed by atoms with E-state index in [4.69, 9.17) is 9.47 Å². The summed E-state index contributed by atoms with van der Waals surface area (Å²) in [4.78, 5) is 25.4. The number of unbranched alkanes of at least 4 members (excludes halogenated alkanes) is 1. The molecule has 0 bridgehead atoms. The third-order valence-electron chi connectivity index (χ3n) is 5.63. The maximum atomic E-state index is 12.8. The number of rotatable bonds is 9. The number of aryl methyl sites for hydroxylation is 1. The van der Waals surface area contributed by atoms with E-state index >= 15 is 0 Å². The van der Waals surface area contributed by atoms with Crippen molar-refractivity contribution in [2.75, 3.05) is 6.61 Å². The number of nitrogens with one attached hydrogen (secondary N) is 1. The van der Waals surface area contributed by atoms with Gasteiger partial charge in [-0.2, -0.15) is 5.10 Å². The van der Waals surface area contributed by atoms with E-state index in [1.807, 2.05) is 49.4 Å². The Morgan fingerprint density at radius 1 is 0.917 bits per heavy atom. The lowest BCUT2D eigenvalue weighted by Crippen LogP contribution is -2.17. The summed E-state index contributed by atoms with van der Waals surface area (Å²) >= 11 is 0. The molecule has 4 rings (SSSR count). The van der Waals surface area contributed by atoms with Crippen molar-refractivity contribution in [2.45, 2.75) is 26.7 Å². The summed E-state index contributed by atoms with van der Waals surface area (Å²) in [6.45, 7) is 4.67.